The Hall–Kier alpha value is -0.610. The molecule has 1 aromatic rings. The molecule has 0 heterocycles. The van der Waals surface area contributed by atoms with E-state index in [0.717, 1.165) is 6.42 Å². The van der Waals surface area contributed by atoms with Crippen molar-refractivity contribution in [2.75, 3.05) is 5.33 Å². The number of amides is 1. The summed E-state index contributed by atoms with van der Waals surface area (Å²) in [4.78, 5) is 11.9. The number of rotatable bonds is 5. The van der Waals surface area contributed by atoms with Crippen molar-refractivity contribution in [3.63, 3.8) is 0 Å². The van der Waals surface area contributed by atoms with E-state index >= 15 is 0 Å². The molecular weight excluding hydrogens is 321 g/mol. The van der Waals surface area contributed by atoms with Crippen LogP contribution in [-0.2, 0) is 0 Å². The molecule has 1 atom stereocenters. The van der Waals surface area contributed by atoms with E-state index in [0.29, 0.717) is 16.8 Å². The molecule has 18 heavy (non-hydrogen) atoms. The number of carbonyl (C=O) groups excluding carboxylic acids is 1. The molecule has 0 fully saturated rings. The standard InChI is InChI=1S/C13H16BrClFNO/c1-8(2)5-10(7-14)17-13(18)9-3-4-12(16)11(15)6-9/h3-4,6,8,10H,5,7H2,1-2H3,(H,17,18). The van der Waals surface area contributed by atoms with Gasteiger partial charge < -0.3 is 5.32 Å². The molecule has 1 rings (SSSR count). The maximum atomic E-state index is 13.0. The quantitative estimate of drug-likeness (QED) is 0.809. The van der Waals surface area contributed by atoms with Crippen LogP contribution in [0.1, 0.15) is 30.6 Å². The van der Waals surface area contributed by atoms with Gasteiger partial charge in [0.15, 0.2) is 0 Å². The summed E-state index contributed by atoms with van der Waals surface area (Å²) >= 11 is 9.02. The minimum Gasteiger partial charge on any atom is -0.348 e. The highest BCUT2D eigenvalue weighted by molar-refractivity contribution is 9.09. The lowest BCUT2D eigenvalue weighted by molar-refractivity contribution is 0.0937. The lowest BCUT2D eigenvalue weighted by atomic mass is 10.0. The second kappa shape index (κ2) is 7.10. The summed E-state index contributed by atoms with van der Waals surface area (Å²) in [5, 5.41) is 3.54. The molecule has 0 bridgehead atoms. The molecule has 0 radical (unpaired) electrons. The van der Waals surface area contributed by atoms with Crippen LogP contribution >= 0.6 is 27.5 Å². The van der Waals surface area contributed by atoms with Gasteiger partial charge in [-0.05, 0) is 30.5 Å². The maximum absolute atomic E-state index is 13.0. The Kier molecular flexibility index (Phi) is 6.09. The van der Waals surface area contributed by atoms with Crippen LogP contribution in [0.15, 0.2) is 18.2 Å². The van der Waals surface area contributed by atoms with Crippen molar-refractivity contribution < 1.29 is 9.18 Å². The number of alkyl halides is 1. The van der Waals surface area contributed by atoms with Gasteiger partial charge in [-0.25, -0.2) is 4.39 Å². The lowest BCUT2D eigenvalue weighted by Gasteiger charge is -2.18. The van der Waals surface area contributed by atoms with Crippen LogP contribution < -0.4 is 5.32 Å². The van der Waals surface area contributed by atoms with Gasteiger partial charge in [0.1, 0.15) is 5.82 Å². The van der Waals surface area contributed by atoms with E-state index in [-0.39, 0.29) is 17.0 Å². The SMILES string of the molecule is CC(C)CC(CBr)NC(=O)c1ccc(F)c(Cl)c1. The average molecular weight is 337 g/mol. The number of hydrogen-bond acceptors (Lipinski definition) is 1. The van der Waals surface area contributed by atoms with Crippen molar-refractivity contribution in [2.45, 2.75) is 26.3 Å². The first-order valence-electron chi connectivity index (χ1n) is 5.76. The monoisotopic (exact) mass is 335 g/mol. The Bertz CT molecular complexity index is 425. The van der Waals surface area contributed by atoms with Gasteiger partial charge in [-0.3, -0.25) is 4.79 Å². The van der Waals surface area contributed by atoms with E-state index in [1.54, 1.807) is 0 Å². The van der Waals surface area contributed by atoms with E-state index in [4.69, 9.17) is 11.6 Å². The summed E-state index contributed by atoms with van der Waals surface area (Å²) in [7, 11) is 0. The number of halogens is 3. The van der Waals surface area contributed by atoms with Crippen LogP contribution in [-0.4, -0.2) is 17.3 Å². The second-order valence-corrected chi connectivity index (χ2v) is 5.64. The fraction of sp³-hybridized carbons (Fsp3) is 0.462. The largest absolute Gasteiger partial charge is 0.348 e. The van der Waals surface area contributed by atoms with Crippen LogP contribution in [0, 0.1) is 11.7 Å². The Morgan fingerprint density at radius 3 is 2.67 bits per heavy atom. The summed E-state index contributed by atoms with van der Waals surface area (Å²) in [5.41, 5.74) is 0.371. The highest BCUT2D eigenvalue weighted by Crippen LogP contribution is 2.16. The first-order valence-corrected chi connectivity index (χ1v) is 7.25. The van der Waals surface area contributed by atoms with Crippen molar-refractivity contribution in [3.05, 3.63) is 34.6 Å². The van der Waals surface area contributed by atoms with Crippen LogP contribution in [0.4, 0.5) is 4.39 Å². The van der Waals surface area contributed by atoms with Crippen LogP contribution in [0.25, 0.3) is 0 Å². The predicted octanol–water partition coefficient (Wildman–Crippen LogP) is 4.02. The highest BCUT2D eigenvalue weighted by Gasteiger charge is 2.15. The molecule has 1 aromatic carbocycles. The zero-order chi connectivity index (χ0) is 13.7. The number of benzene rings is 1. The molecule has 0 saturated carbocycles. The molecule has 0 aliphatic heterocycles. The van der Waals surface area contributed by atoms with Gasteiger partial charge in [-0.2, -0.15) is 0 Å². The van der Waals surface area contributed by atoms with Gasteiger partial charge in [0.05, 0.1) is 5.02 Å². The molecule has 1 amide bonds. The van der Waals surface area contributed by atoms with E-state index in [2.05, 4.69) is 35.1 Å². The fourth-order valence-electron chi connectivity index (χ4n) is 1.64. The van der Waals surface area contributed by atoms with Gasteiger partial charge >= 0.3 is 0 Å². The third-order valence-electron chi connectivity index (χ3n) is 2.46. The zero-order valence-electron chi connectivity index (χ0n) is 10.3. The number of nitrogens with one attached hydrogen (secondary N) is 1. The van der Waals surface area contributed by atoms with Gasteiger partial charge in [-0.1, -0.05) is 41.4 Å². The molecule has 0 aliphatic rings. The Balaban J connectivity index is 2.71. The van der Waals surface area contributed by atoms with E-state index < -0.39 is 5.82 Å². The molecule has 0 spiro atoms. The van der Waals surface area contributed by atoms with Crippen LogP contribution in [0.5, 0.6) is 0 Å². The minimum absolute atomic E-state index is 0.0399. The van der Waals surface area contributed by atoms with Crippen LogP contribution in [0.2, 0.25) is 5.02 Å². The molecule has 2 nitrogen and oxygen atoms in total. The molecule has 0 aliphatic carbocycles. The van der Waals surface area contributed by atoms with Crippen molar-refractivity contribution in [3.8, 4) is 0 Å². The maximum Gasteiger partial charge on any atom is 0.251 e. The summed E-state index contributed by atoms with van der Waals surface area (Å²) < 4.78 is 13.0. The summed E-state index contributed by atoms with van der Waals surface area (Å²) in [6.45, 7) is 4.19. The van der Waals surface area contributed by atoms with Gasteiger partial charge in [0, 0.05) is 16.9 Å². The average Bonchev–Trinajstić information content (AvgIpc) is 2.31. The summed E-state index contributed by atoms with van der Waals surface area (Å²) in [6, 6.07) is 4.02. The topological polar surface area (TPSA) is 29.1 Å². The third-order valence-corrected chi connectivity index (χ3v) is 3.53. The molecule has 0 saturated heterocycles. The third kappa shape index (κ3) is 4.58. The Morgan fingerprint density at radius 1 is 1.50 bits per heavy atom. The Labute approximate surface area is 120 Å². The smallest absolute Gasteiger partial charge is 0.251 e. The number of hydrogen-bond donors (Lipinski definition) is 1. The van der Waals surface area contributed by atoms with Crippen molar-refractivity contribution in [1.82, 2.24) is 5.32 Å². The minimum atomic E-state index is -0.521. The first-order chi connectivity index (χ1) is 8.43. The molecule has 100 valence electrons. The van der Waals surface area contributed by atoms with Gasteiger partial charge in [0.25, 0.3) is 5.91 Å². The first kappa shape index (κ1) is 15.4. The van der Waals surface area contributed by atoms with Crippen molar-refractivity contribution in [1.29, 1.82) is 0 Å². The summed E-state index contributed by atoms with van der Waals surface area (Å²) in [6.07, 6.45) is 0.881. The molecule has 1 unspecified atom stereocenters. The van der Waals surface area contributed by atoms with Crippen molar-refractivity contribution >= 4 is 33.4 Å². The number of carbonyl (C=O) groups is 1. The van der Waals surface area contributed by atoms with Gasteiger partial charge in [0.2, 0.25) is 0 Å². The fourth-order valence-corrected chi connectivity index (χ4v) is 2.24. The normalized spacial score (nSPS) is 12.6. The molecule has 1 N–H and O–H groups in total. The van der Waals surface area contributed by atoms with E-state index in [1.807, 2.05) is 0 Å². The predicted molar refractivity (Wildman–Crippen MR) is 75.9 cm³/mol. The van der Waals surface area contributed by atoms with Crippen molar-refractivity contribution in [2.24, 2.45) is 5.92 Å². The van der Waals surface area contributed by atoms with E-state index in [9.17, 15) is 9.18 Å². The second-order valence-electron chi connectivity index (χ2n) is 4.58. The highest BCUT2D eigenvalue weighted by atomic mass is 79.9. The van der Waals surface area contributed by atoms with Crippen LogP contribution in [0.3, 0.4) is 0 Å². The zero-order valence-corrected chi connectivity index (χ0v) is 12.7. The molecular formula is C13H16BrClFNO. The lowest BCUT2D eigenvalue weighted by Crippen LogP contribution is -2.37. The summed E-state index contributed by atoms with van der Waals surface area (Å²) in [5.74, 6) is -0.265. The Morgan fingerprint density at radius 2 is 2.17 bits per heavy atom. The van der Waals surface area contributed by atoms with Gasteiger partial charge in [-0.15, -0.1) is 0 Å². The molecule has 5 heteroatoms. The van der Waals surface area contributed by atoms with E-state index in [1.165, 1.54) is 18.2 Å². The molecule has 0 aromatic heterocycles.